The van der Waals surface area contributed by atoms with Crippen LogP contribution in [0, 0.1) is 11.3 Å². The molecular formula is C14H11F3N6. The maximum absolute atomic E-state index is 13.1. The summed E-state index contributed by atoms with van der Waals surface area (Å²) in [5, 5.41) is 24.8. The molecule has 1 aliphatic carbocycles. The Morgan fingerprint density at radius 2 is 2.00 bits per heavy atom. The van der Waals surface area contributed by atoms with Crippen molar-refractivity contribution in [1.29, 1.82) is 5.26 Å². The van der Waals surface area contributed by atoms with E-state index < -0.39 is 11.6 Å². The van der Waals surface area contributed by atoms with Crippen molar-refractivity contribution in [3.05, 3.63) is 41.9 Å². The van der Waals surface area contributed by atoms with Gasteiger partial charge in [-0.3, -0.25) is 0 Å². The smallest absolute Gasteiger partial charge is 0.360 e. The topological polar surface area (TPSA) is 90.3 Å². The van der Waals surface area contributed by atoms with Crippen LogP contribution in [0.1, 0.15) is 24.2 Å². The fraction of sp³-hybridized carbons (Fsp3) is 0.286. The summed E-state index contributed by atoms with van der Waals surface area (Å²) < 4.78 is 39.2. The number of benzene rings is 1. The number of anilines is 1. The molecule has 1 heterocycles. The molecule has 1 aromatic heterocycles. The van der Waals surface area contributed by atoms with Crippen LogP contribution in [0.25, 0.3) is 5.57 Å². The monoisotopic (exact) mass is 320 g/mol. The number of tetrazole rings is 1. The van der Waals surface area contributed by atoms with Gasteiger partial charge in [-0.25, -0.2) is 0 Å². The lowest BCUT2D eigenvalue weighted by atomic mass is 9.95. The average molecular weight is 320 g/mol. The molecule has 0 bridgehead atoms. The van der Waals surface area contributed by atoms with Crippen molar-refractivity contribution in [2.45, 2.75) is 24.4 Å². The summed E-state index contributed by atoms with van der Waals surface area (Å²) in [6.45, 7) is 0. The lowest BCUT2D eigenvalue weighted by molar-refractivity contribution is -0.160. The van der Waals surface area contributed by atoms with Crippen LogP contribution in [-0.4, -0.2) is 26.8 Å². The van der Waals surface area contributed by atoms with Gasteiger partial charge in [-0.1, -0.05) is 12.1 Å². The first-order chi connectivity index (χ1) is 11.0. The molecular weight excluding hydrogens is 309 g/mol. The largest absolute Gasteiger partial charge is 0.398 e. The predicted octanol–water partition coefficient (Wildman–Crippen LogP) is 2.77. The standard InChI is InChI=1S/C14H11F3N6/c15-14(16,17)13(5-6-13)10-1-3-11(4-2-10)19-8-9(7-18)12-20-22-23-21-12/h1-4,8,19H,5-6H2,(H,20,21,22,23). The third-order valence-electron chi connectivity index (χ3n) is 3.82. The number of H-pyrrole nitrogens is 1. The molecule has 2 aromatic rings. The number of aromatic amines is 1. The maximum Gasteiger partial charge on any atom is 0.398 e. The molecule has 1 saturated carbocycles. The molecule has 0 amide bonds. The van der Waals surface area contributed by atoms with E-state index in [4.69, 9.17) is 5.26 Å². The van der Waals surface area contributed by atoms with Crippen molar-refractivity contribution in [2.24, 2.45) is 0 Å². The summed E-state index contributed by atoms with van der Waals surface area (Å²) in [6.07, 6.45) is -2.61. The summed E-state index contributed by atoms with van der Waals surface area (Å²) in [5.74, 6) is 0.130. The van der Waals surface area contributed by atoms with Gasteiger partial charge in [-0.15, -0.1) is 10.2 Å². The SMILES string of the molecule is N#CC(=CNc1ccc(C2(C(F)(F)F)CC2)cc1)c1nn[nH]n1. The molecule has 0 unspecified atom stereocenters. The second-order valence-electron chi connectivity index (χ2n) is 5.21. The molecule has 6 nitrogen and oxygen atoms in total. The summed E-state index contributed by atoms with van der Waals surface area (Å²) in [6, 6.07) is 7.90. The first kappa shape index (κ1) is 15.0. The Morgan fingerprint density at radius 1 is 1.30 bits per heavy atom. The van der Waals surface area contributed by atoms with Crippen LogP contribution >= 0.6 is 0 Å². The predicted molar refractivity (Wildman–Crippen MR) is 74.8 cm³/mol. The van der Waals surface area contributed by atoms with Gasteiger partial charge in [0.25, 0.3) is 0 Å². The Labute approximate surface area is 129 Å². The number of hydrogen-bond acceptors (Lipinski definition) is 5. The van der Waals surface area contributed by atoms with Gasteiger partial charge in [0.05, 0.1) is 5.41 Å². The number of allylic oxidation sites excluding steroid dienone is 1. The van der Waals surface area contributed by atoms with Gasteiger partial charge in [0.15, 0.2) is 0 Å². The summed E-state index contributed by atoms with van der Waals surface area (Å²) in [7, 11) is 0. The highest BCUT2D eigenvalue weighted by molar-refractivity contribution is 5.74. The minimum Gasteiger partial charge on any atom is -0.360 e. The van der Waals surface area contributed by atoms with Crippen LogP contribution in [-0.2, 0) is 5.41 Å². The van der Waals surface area contributed by atoms with E-state index in [0.29, 0.717) is 5.69 Å². The zero-order valence-corrected chi connectivity index (χ0v) is 11.7. The molecule has 9 heteroatoms. The lowest BCUT2D eigenvalue weighted by Gasteiger charge is -2.19. The number of nitrogens with zero attached hydrogens (tertiary/aromatic N) is 4. The molecule has 0 atom stereocenters. The Hall–Kier alpha value is -2.89. The van der Waals surface area contributed by atoms with E-state index in [0.717, 1.165) is 0 Å². The molecule has 0 radical (unpaired) electrons. The molecule has 0 saturated heterocycles. The number of alkyl halides is 3. The number of halogens is 3. The molecule has 118 valence electrons. The molecule has 23 heavy (non-hydrogen) atoms. The van der Waals surface area contributed by atoms with E-state index in [-0.39, 0.29) is 29.8 Å². The molecule has 0 spiro atoms. The quantitative estimate of drug-likeness (QED) is 0.845. The number of hydrogen-bond donors (Lipinski definition) is 2. The van der Waals surface area contributed by atoms with Gasteiger partial charge >= 0.3 is 6.18 Å². The molecule has 0 aliphatic heterocycles. The van der Waals surface area contributed by atoms with Crippen LogP contribution < -0.4 is 5.32 Å². The molecule has 1 aromatic carbocycles. The van der Waals surface area contributed by atoms with E-state index in [1.54, 1.807) is 12.1 Å². The molecule has 1 aliphatic rings. The molecule has 2 N–H and O–H groups in total. The number of rotatable bonds is 4. The zero-order chi connectivity index (χ0) is 16.5. The Bertz CT molecular complexity index is 751. The fourth-order valence-corrected chi connectivity index (χ4v) is 2.32. The number of aromatic nitrogens is 4. The van der Waals surface area contributed by atoms with Crippen molar-refractivity contribution >= 4 is 11.3 Å². The highest BCUT2D eigenvalue weighted by Crippen LogP contribution is 2.58. The Kier molecular flexibility index (Phi) is 3.52. The van der Waals surface area contributed by atoms with Gasteiger partial charge < -0.3 is 5.32 Å². The van der Waals surface area contributed by atoms with Crippen LogP contribution in [0.5, 0.6) is 0 Å². The lowest BCUT2D eigenvalue weighted by Crippen LogP contribution is -2.28. The van der Waals surface area contributed by atoms with E-state index >= 15 is 0 Å². The van der Waals surface area contributed by atoms with Crippen molar-refractivity contribution in [1.82, 2.24) is 20.6 Å². The zero-order valence-electron chi connectivity index (χ0n) is 11.7. The van der Waals surface area contributed by atoms with E-state index in [9.17, 15) is 13.2 Å². The van der Waals surface area contributed by atoms with Crippen LogP contribution in [0.4, 0.5) is 18.9 Å². The highest BCUT2D eigenvalue weighted by Gasteiger charge is 2.64. The highest BCUT2D eigenvalue weighted by atomic mass is 19.4. The van der Waals surface area contributed by atoms with E-state index in [1.165, 1.54) is 18.3 Å². The summed E-state index contributed by atoms with van der Waals surface area (Å²) in [4.78, 5) is 0. The maximum atomic E-state index is 13.1. The minimum absolute atomic E-state index is 0.125. The average Bonchev–Trinajstić information content (AvgIpc) is 3.19. The normalized spacial score (nSPS) is 16.7. The third-order valence-corrected chi connectivity index (χ3v) is 3.82. The van der Waals surface area contributed by atoms with Crippen LogP contribution in [0.2, 0.25) is 0 Å². The Morgan fingerprint density at radius 3 is 2.48 bits per heavy atom. The van der Waals surface area contributed by atoms with Crippen molar-refractivity contribution in [3.63, 3.8) is 0 Å². The van der Waals surface area contributed by atoms with Gasteiger partial charge in [-0.05, 0) is 35.8 Å². The fourth-order valence-electron chi connectivity index (χ4n) is 2.32. The van der Waals surface area contributed by atoms with Gasteiger partial charge in [0, 0.05) is 11.9 Å². The van der Waals surface area contributed by atoms with Crippen molar-refractivity contribution in [3.8, 4) is 6.07 Å². The molecule has 1 fully saturated rings. The first-order valence-corrected chi connectivity index (χ1v) is 6.74. The second-order valence-corrected chi connectivity index (χ2v) is 5.21. The minimum atomic E-state index is -4.23. The van der Waals surface area contributed by atoms with E-state index in [1.807, 2.05) is 6.07 Å². The van der Waals surface area contributed by atoms with Crippen molar-refractivity contribution < 1.29 is 13.2 Å². The molecule has 3 rings (SSSR count). The van der Waals surface area contributed by atoms with Crippen LogP contribution in [0.3, 0.4) is 0 Å². The summed E-state index contributed by atoms with van der Waals surface area (Å²) in [5.41, 5.74) is -0.720. The third kappa shape index (κ3) is 2.75. The first-order valence-electron chi connectivity index (χ1n) is 6.74. The number of nitriles is 1. The van der Waals surface area contributed by atoms with Gasteiger partial charge in [0.1, 0.15) is 11.6 Å². The summed E-state index contributed by atoms with van der Waals surface area (Å²) >= 11 is 0. The van der Waals surface area contributed by atoms with Crippen molar-refractivity contribution in [2.75, 3.05) is 5.32 Å². The van der Waals surface area contributed by atoms with E-state index in [2.05, 4.69) is 25.9 Å². The Balaban J connectivity index is 1.75. The van der Waals surface area contributed by atoms with Gasteiger partial charge in [0.2, 0.25) is 5.82 Å². The van der Waals surface area contributed by atoms with Crippen LogP contribution in [0.15, 0.2) is 30.5 Å². The van der Waals surface area contributed by atoms with Gasteiger partial charge in [-0.2, -0.15) is 23.6 Å². The number of nitrogens with one attached hydrogen (secondary N) is 2. The second kappa shape index (κ2) is 5.39.